The molecular weight excluding hydrogens is 433 g/mol. The van der Waals surface area contributed by atoms with Crippen LogP contribution in [-0.2, 0) is 22.6 Å². The average molecular weight is 464 g/mol. The molecule has 2 aromatic carbocycles. The Kier molecular flexibility index (Phi) is 7.75. The number of rotatable bonds is 11. The maximum atomic E-state index is 14.3. The van der Waals surface area contributed by atoms with Crippen molar-refractivity contribution in [3.63, 3.8) is 0 Å². The number of methoxy groups -OCH3 is 1. The Labute approximate surface area is 199 Å². The normalized spacial score (nSPS) is 13.0. The van der Waals surface area contributed by atoms with Gasteiger partial charge in [-0.05, 0) is 42.7 Å². The van der Waals surface area contributed by atoms with Gasteiger partial charge >= 0.3 is 0 Å². The van der Waals surface area contributed by atoms with Crippen LogP contribution < -0.4 is 0 Å². The van der Waals surface area contributed by atoms with E-state index in [1.54, 1.807) is 6.07 Å². The molecule has 7 heteroatoms. The lowest BCUT2D eigenvalue weighted by molar-refractivity contribution is -0.133. The molecule has 1 aromatic heterocycles. The highest BCUT2D eigenvalue weighted by Gasteiger charge is 2.34. The van der Waals surface area contributed by atoms with E-state index in [1.165, 1.54) is 35.8 Å². The summed E-state index contributed by atoms with van der Waals surface area (Å²) in [6, 6.07) is 20.2. The van der Waals surface area contributed by atoms with Crippen molar-refractivity contribution in [2.75, 3.05) is 26.8 Å². The van der Waals surface area contributed by atoms with Crippen molar-refractivity contribution in [1.82, 2.24) is 14.4 Å². The van der Waals surface area contributed by atoms with Crippen molar-refractivity contribution >= 4 is 11.8 Å². The van der Waals surface area contributed by atoms with Gasteiger partial charge in [0.2, 0.25) is 5.91 Å². The number of aromatic nitrogens is 1. The molecule has 1 fully saturated rings. The van der Waals surface area contributed by atoms with Gasteiger partial charge in [-0.25, -0.2) is 4.39 Å². The summed E-state index contributed by atoms with van der Waals surface area (Å²) in [6.45, 7) is 1.54. The molecule has 0 spiro atoms. The molecule has 1 saturated carbocycles. The monoisotopic (exact) mass is 463 g/mol. The molecule has 4 rings (SSSR count). The number of benzene rings is 2. The van der Waals surface area contributed by atoms with Crippen LogP contribution in [0.5, 0.6) is 0 Å². The van der Waals surface area contributed by atoms with Crippen molar-refractivity contribution in [2.24, 2.45) is 0 Å². The number of hydrogen-bond acceptors (Lipinski definition) is 3. The van der Waals surface area contributed by atoms with Gasteiger partial charge in [0.05, 0.1) is 18.7 Å². The Morgan fingerprint density at radius 3 is 2.47 bits per heavy atom. The van der Waals surface area contributed by atoms with Crippen LogP contribution in [0.3, 0.4) is 0 Å². The molecule has 34 heavy (non-hydrogen) atoms. The van der Waals surface area contributed by atoms with E-state index in [9.17, 15) is 14.0 Å². The highest BCUT2D eigenvalue weighted by molar-refractivity contribution is 5.96. The summed E-state index contributed by atoms with van der Waals surface area (Å²) in [6.07, 6.45) is 3.92. The molecule has 0 radical (unpaired) electrons. The highest BCUT2D eigenvalue weighted by atomic mass is 19.1. The topological polar surface area (TPSA) is 54.8 Å². The van der Waals surface area contributed by atoms with Gasteiger partial charge in [0.15, 0.2) is 0 Å². The number of halogens is 1. The van der Waals surface area contributed by atoms with Crippen molar-refractivity contribution in [3.05, 3.63) is 95.6 Å². The molecule has 3 aromatic rings. The van der Waals surface area contributed by atoms with Crippen molar-refractivity contribution in [2.45, 2.75) is 32.0 Å². The number of hydrogen-bond donors (Lipinski definition) is 0. The number of amides is 2. The first-order valence-electron chi connectivity index (χ1n) is 11.6. The average Bonchev–Trinajstić information content (AvgIpc) is 3.60. The molecule has 0 N–H and O–H groups in total. The minimum atomic E-state index is -0.597. The second-order valence-electron chi connectivity index (χ2n) is 8.57. The number of carbonyl (C=O) groups is 2. The van der Waals surface area contributed by atoms with Crippen LogP contribution in [0, 0.1) is 5.82 Å². The first-order valence-corrected chi connectivity index (χ1v) is 11.6. The van der Waals surface area contributed by atoms with E-state index in [0.717, 1.165) is 25.1 Å². The van der Waals surface area contributed by atoms with Crippen molar-refractivity contribution < 1.29 is 18.7 Å². The molecule has 1 aliphatic rings. The van der Waals surface area contributed by atoms with Gasteiger partial charge in [0, 0.05) is 38.1 Å². The quantitative estimate of drug-likeness (QED) is 0.433. The van der Waals surface area contributed by atoms with E-state index in [1.807, 2.05) is 41.4 Å². The van der Waals surface area contributed by atoms with Gasteiger partial charge in [0.1, 0.15) is 12.4 Å². The molecule has 0 bridgehead atoms. The smallest absolute Gasteiger partial charge is 0.257 e. The van der Waals surface area contributed by atoms with Gasteiger partial charge in [-0.2, -0.15) is 0 Å². The third kappa shape index (κ3) is 5.91. The molecule has 6 nitrogen and oxygen atoms in total. The van der Waals surface area contributed by atoms with Gasteiger partial charge in [-0.15, -0.1) is 0 Å². The molecule has 0 unspecified atom stereocenters. The van der Waals surface area contributed by atoms with Crippen LogP contribution in [0.15, 0.2) is 72.9 Å². The van der Waals surface area contributed by atoms with Gasteiger partial charge in [0.25, 0.3) is 5.91 Å². The zero-order chi connectivity index (χ0) is 23.9. The Balaban J connectivity index is 1.49. The van der Waals surface area contributed by atoms with Gasteiger partial charge < -0.3 is 19.1 Å². The second kappa shape index (κ2) is 11.1. The van der Waals surface area contributed by atoms with Gasteiger partial charge in [-0.1, -0.05) is 42.5 Å². The first-order chi connectivity index (χ1) is 16.6. The summed E-state index contributed by atoms with van der Waals surface area (Å²) < 4.78 is 21.5. The lowest BCUT2D eigenvalue weighted by atomic mass is 10.2. The lowest BCUT2D eigenvalue weighted by Crippen LogP contribution is -2.45. The summed E-state index contributed by atoms with van der Waals surface area (Å²) >= 11 is 0. The van der Waals surface area contributed by atoms with Gasteiger partial charge in [-0.3, -0.25) is 9.59 Å². The zero-order valence-corrected chi connectivity index (χ0v) is 19.4. The van der Waals surface area contributed by atoms with E-state index in [2.05, 4.69) is 16.7 Å². The van der Waals surface area contributed by atoms with Crippen LogP contribution >= 0.6 is 0 Å². The second-order valence-corrected chi connectivity index (χ2v) is 8.57. The standard InChI is InChI=1S/C27H30FN3O3/c1-34-17-16-30(27(33)24-11-5-6-12-25(24)28)20-26(32)31(22-13-14-22)19-23-10-7-15-29(23)18-21-8-3-2-4-9-21/h2-12,15,22H,13-14,16-20H2,1H3. The maximum absolute atomic E-state index is 14.3. The van der Waals surface area contributed by atoms with Crippen LogP contribution in [0.4, 0.5) is 4.39 Å². The molecule has 1 aliphatic carbocycles. The van der Waals surface area contributed by atoms with E-state index >= 15 is 0 Å². The van der Waals surface area contributed by atoms with E-state index in [-0.39, 0.29) is 37.2 Å². The molecule has 2 amide bonds. The zero-order valence-electron chi connectivity index (χ0n) is 19.4. The fraction of sp³-hybridized carbons (Fsp3) is 0.333. The molecule has 0 aliphatic heterocycles. The Bertz CT molecular complexity index is 1110. The molecule has 178 valence electrons. The molecular formula is C27H30FN3O3. The van der Waals surface area contributed by atoms with Crippen LogP contribution in [0.2, 0.25) is 0 Å². The Morgan fingerprint density at radius 1 is 1.03 bits per heavy atom. The van der Waals surface area contributed by atoms with E-state index < -0.39 is 11.7 Å². The first kappa shape index (κ1) is 23.7. The molecule has 1 heterocycles. The SMILES string of the molecule is COCCN(CC(=O)N(Cc1cccn1Cc1ccccc1)C1CC1)C(=O)c1ccccc1F. The number of carbonyl (C=O) groups excluding carboxylic acids is 2. The Hall–Kier alpha value is -3.45. The molecule has 0 atom stereocenters. The molecule has 0 saturated heterocycles. The largest absolute Gasteiger partial charge is 0.383 e. The summed E-state index contributed by atoms with van der Waals surface area (Å²) in [5, 5.41) is 0. The summed E-state index contributed by atoms with van der Waals surface area (Å²) in [7, 11) is 1.53. The van der Waals surface area contributed by atoms with Crippen molar-refractivity contribution in [1.29, 1.82) is 0 Å². The predicted octanol–water partition coefficient (Wildman–Crippen LogP) is 3.96. The third-order valence-electron chi connectivity index (χ3n) is 6.04. The predicted molar refractivity (Wildman–Crippen MR) is 128 cm³/mol. The Morgan fingerprint density at radius 2 is 1.76 bits per heavy atom. The van der Waals surface area contributed by atoms with Crippen molar-refractivity contribution in [3.8, 4) is 0 Å². The minimum absolute atomic E-state index is 0.0406. The lowest BCUT2D eigenvalue weighted by Gasteiger charge is -2.28. The van der Waals surface area contributed by atoms with Crippen LogP contribution in [0.1, 0.15) is 34.5 Å². The third-order valence-corrected chi connectivity index (χ3v) is 6.04. The summed E-state index contributed by atoms with van der Waals surface area (Å²) in [5.41, 5.74) is 2.18. The van der Waals surface area contributed by atoms with Crippen LogP contribution in [-0.4, -0.2) is 59.0 Å². The fourth-order valence-electron chi connectivity index (χ4n) is 4.02. The van der Waals surface area contributed by atoms with Crippen LogP contribution in [0.25, 0.3) is 0 Å². The summed E-state index contributed by atoms with van der Waals surface area (Å²) in [4.78, 5) is 29.7. The maximum Gasteiger partial charge on any atom is 0.257 e. The number of nitrogens with zero attached hydrogens (tertiary/aromatic N) is 3. The highest BCUT2D eigenvalue weighted by Crippen LogP contribution is 2.29. The van der Waals surface area contributed by atoms with E-state index in [4.69, 9.17) is 4.74 Å². The fourth-order valence-corrected chi connectivity index (χ4v) is 4.02. The minimum Gasteiger partial charge on any atom is -0.383 e. The summed E-state index contributed by atoms with van der Waals surface area (Å²) in [5.74, 6) is -1.25. The number of ether oxygens (including phenoxy) is 1. The van der Waals surface area contributed by atoms with E-state index in [0.29, 0.717) is 6.54 Å².